The van der Waals surface area contributed by atoms with E-state index in [1.807, 2.05) is 0 Å². The van der Waals surface area contributed by atoms with Crippen LogP contribution in [0.25, 0.3) is 0 Å². The first kappa shape index (κ1) is 62.6. The summed E-state index contributed by atoms with van der Waals surface area (Å²) in [6.07, 6.45) is -16.4. The van der Waals surface area contributed by atoms with E-state index in [0.29, 0.717) is 44.1 Å². The molecule has 0 fully saturated rings. The average molecular weight is 1070 g/mol. The molecule has 2 unspecified atom stereocenters. The van der Waals surface area contributed by atoms with Crippen LogP contribution in [0, 0.1) is 6.92 Å². The minimum Gasteiger partial charge on any atom is -0.508 e. The Morgan fingerprint density at radius 2 is 0.776 bits per heavy atom. The third-order valence-corrected chi connectivity index (χ3v) is 16.3. The third-order valence-electron chi connectivity index (χ3n) is 11.5. The summed E-state index contributed by atoms with van der Waals surface area (Å²) < 4.78 is 353. The fourth-order valence-electron chi connectivity index (χ4n) is 7.17. The van der Waals surface area contributed by atoms with E-state index >= 15 is 0 Å². The fraction of sp³-hybridized carbons (Fsp3) is 0.842. The van der Waals surface area contributed by atoms with Gasteiger partial charge in [0, 0.05) is 31.9 Å². The van der Waals surface area contributed by atoms with Gasteiger partial charge in [-0.2, -0.15) is 114 Å². The third kappa shape index (κ3) is 13.5. The maximum Gasteiger partial charge on any atom is 0.460 e. The summed E-state index contributed by atoms with van der Waals surface area (Å²) in [4.78, 5) is 0. The molecule has 0 aliphatic rings. The number of unbranched alkanes of at least 4 members (excludes halogenated alkanes) is 5. The Balaban J connectivity index is 3.18. The maximum atomic E-state index is 14.6. The summed E-state index contributed by atoms with van der Waals surface area (Å²) in [7, 11) is -4.54. The van der Waals surface area contributed by atoms with E-state index in [4.69, 9.17) is 0 Å². The van der Waals surface area contributed by atoms with Crippen LogP contribution in [0.4, 0.5) is 114 Å². The highest BCUT2D eigenvalue weighted by Gasteiger charge is 2.92. The van der Waals surface area contributed by atoms with E-state index in [2.05, 4.69) is 0 Å². The molecule has 0 heterocycles. The summed E-state index contributed by atoms with van der Waals surface area (Å²) in [5, 5.41) is 9.84. The van der Waals surface area contributed by atoms with Gasteiger partial charge in [-0.25, -0.2) is 0 Å². The second-order valence-corrected chi connectivity index (χ2v) is 21.5. The number of aryl methyl sites for hydroxylation is 2. The SMILES string of the molecule is CCCC(CCC(CCCCCCCCc1ccc(C)c(O)c1)[SiH2]CCC(F)(F)C(F)(F)C(F)(F)C(F)(F)C(F)(F)C(F)(F)F)[SiH2]CCC(F)(F)C(F)(F)C(F)(F)C(F)(F)C(F)(F)C(F)(F)F. The Hall–Kier alpha value is -2.37. The molecule has 67 heavy (non-hydrogen) atoms. The van der Waals surface area contributed by atoms with Crippen molar-refractivity contribution in [1.82, 2.24) is 0 Å². The lowest BCUT2D eigenvalue weighted by Gasteiger charge is -2.39. The van der Waals surface area contributed by atoms with Crippen LogP contribution in [-0.4, -0.2) is 95.7 Å². The lowest BCUT2D eigenvalue weighted by molar-refractivity contribution is -0.439. The number of benzene rings is 1. The number of phenols is 1. The van der Waals surface area contributed by atoms with Crippen molar-refractivity contribution in [3.63, 3.8) is 0 Å². The highest BCUT2D eigenvalue weighted by Crippen LogP contribution is 2.62. The highest BCUT2D eigenvalue weighted by molar-refractivity contribution is 6.38. The van der Waals surface area contributed by atoms with Gasteiger partial charge in [0.2, 0.25) is 0 Å². The molecule has 0 saturated heterocycles. The smallest absolute Gasteiger partial charge is 0.460 e. The molecule has 1 nitrogen and oxygen atoms in total. The molecule has 1 aromatic rings. The Morgan fingerprint density at radius 3 is 1.13 bits per heavy atom. The van der Waals surface area contributed by atoms with Crippen molar-refractivity contribution in [3.8, 4) is 5.75 Å². The fourth-order valence-corrected chi connectivity index (χ4v) is 11.9. The summed E-state index contributed by atoms with van der Waals surface area (Å²) in [5.74, 6) is -75.6. The molecule has 2 atom stereocenters. The lowest BCUT2D eigenvalue weighted by Crippen LogP contribution is -2.70. The summed E-state index contributed by atoms with van der Waals surface area (Å²) in [5.41, 5.74) is -0.106. The topological polar surface area (TPSA) is 20.2 Å². The van der Waals surface area contributed by atoms with Crippen LogP contribution in [0.2, 0.25) is 23.2 Å². The van der Waals surface area contributed by atoms with Gasteiger partial charge >= 0.3 is 71.6 Å². The first-order chi connectivity index (χ1) is 29.9. The molecular formula is C38H48F26OSi2. The van der Waals surface area contributed by atoms with E-state index in [1.54, 1.807) is 25.1 Å². The highest BCUT2D eigenvalue weighted by atomic mass is 28.2. The predicted octanol–water partition coefficient (Wildman–Crippen LogP) is 15.6. The molecule has 0 amide bonds. The first-order valence-corrected chi connectivity index (χ1v) is 24.2. The van der Waals surface area contributed by atoms with E-state index in [0.717, 1.165) is 5.56 Å². The standard InChI is InChI=1S/C38H48F26OSi2/c1-3-10-24(66-19-17-27(39,40)29(43,44)31(47,48)33(51,52)35(55,56)37(59,60)61)15-16-25(12-9-7-5-4-6-8-11-23-14-13-22(2)26(65)21-23)67-20-18-28(41,42)30(45,46)32(49,50)34(53,54)36(57,58)38(62,63)64/h13-14,21,24-25,65H,3-12,15-20,66-67H2,1-2H3. The van der Waals surface area contributed by atoms with Gasteiger partial charge in [0.05, 0.1) is 0 Å². The van der Waals surface area contributed by atoms with Crippen molar-refractivity contribution in [2.45, 2.75) is 198 Å². The van der Waals surface area contributed by atoms with E-state index < -0.39 is 127 Å². The zero-order valence-corrected chi connectivity index (χ0v) is 38.2. The molecule has 0 aliphatic carbocycles. The van der Waals surface area contributed by atoms with Gasteiger partial charge in [-0.1, -0.05) is 106 Å². The number of halogens is 26. The number of alkyl halides is 26. The molecular weight excluding hydrogens is 1020 g/mol. The van der Waals surface area contributed by atoms with Crippen LogP contribution >= 0.6 is 0 Å². The van der Waals surface area contributed by atoms with Gasteiger partial charge in [0.15, 0.2) is 0 Å². The predicted molar refractivity (Wildman–Crippen MR) is 198 cm³/mol. The molecule has 1 aromatic carbocycles. The number of hydrogen-bond donors (Lipinski definition) is 1. The molecule has 0 radical (unpaired) electrons. The Labute approximate surface area is 371 Å². The molecule has 396 valence electrons. The van der Waals surface area contributed by atoms with Gasteiger partial charge < -0.3 is 5.11 Å². The summed E-state index contributed by atoms with van der Waals surface area (Å²) >= 11 is 0. The minimum atomic E-state index is -8.10. The van der Waals surface area contributed by atoms with Crippen LogP contribution in [0.15, 0.2) is 18.2 Å². The van der Waals surface area contributed by atoms with Crippen molar-refractivity contribution in [1.29, 1.82) is 0 Å². The van der Waals surface area contributed by atoms with Gasteiger partial charge in [-0.05, 0) is 37.0 Å². The summed E-state index contributed by atoms with van der Waals surface area (Å²) in [6.45, 7) is 3.15. The first-order valence-electron chi connectivity index (χ1n) is 20.6. The van der Waals surface area contributed by atoms with Crippen LogP contribution in [-0.2, 0) is 6.42 Å². The van der Waals surface area contributed by atoms with Gasteiger partial charge in [-0.15, -0.1) is 0 Å². The van der Waals surface area contributed by atoms with Crippen LogP contribution in [0.1, 0.15) is 102 Å². The van der Waals surface area contributed by atoms with Gasteiger partial charge in [-0.3, -0.25) is 0 Å². The van der Waals surface area contributed by atoms with Gasteiger partial charge in [0.25, 0.3) is 0 Å². The van der Waals surface area contributed by atoms with E-state index in [1.165, 1.54) is 6.92 Å². The van der Waals surface area contributed by atoms with Crippen LogP contribution in [0.5, 0.6) is 5.75 Å². The van der Waals surface area contributed by atoms with Crippen molar-refractivity contribution in [2.75, 3.05) is 0 Å². The average Bonchev–Trinajstić information content (AvgIpc) is 3.17. The van der Waals surface area contributed by atoms with Crippen molar-refractivity contribution in [3.05, 3.63) is 29.3 Å². The van der Waals surface area contributed by atoms with Crippen molar-refractivity contribution in [2.24, 2.45) is 0 Å². The van der Waals surface area contributed by atoms with E-state index in [-0.39, 0.29) is 44.3 Å². The van der Waals surface area contributed by atoms with Crippen LogP contribution in [0.3, 0.4) is 0 Å². The Morgan fingerprint density at radius 1 is 0.433 bits per heavy atom. The van der Waals surface area contributed by atoms with Crippen LogP contribution < -0.4 is 0 Å². The second-order valence-electron chi connectivity index (χ2n) is 16.7. The van der Waals surface area contributed by atoms with Crippen molar-refractivity contribution < 1.29 is 119 Å². The molecule has 29 heteroatoms. The van der Waals surface area contributed by atoms with E-state index in [9.17, 15) is 119 Å². The molecule has 0 bridgehead atoms. The molecule has 0 aliphatic heterocycles. The monoisotopic (exact) mass is 1070 g/mol. The van der Waals surface area contributed by atoms with Crippen molar-refractivity contribution >= 4 is 19.0 Å². The minimum absolute atomic E-state index is 0.0207. The molecule has 0 spiro atoms. The number of aromatic hydroxyl groups is 1. The largest absolute Gasteiger partial charge is 0.508 e. The van der Waals surface area contributed by atoms with Gasteiger partial charge in [0.1, 0.15) is 5.75 Å². The second kappa shape index (κ2) is 22.4. The number of phenolic OH excluding ortho intramolecular Hbond substituents is 1. The zero-order chi connectivity index (χ0) is 52.7. The quantitative estimate of drug-likeness (QED) is 0.0462. The normalized spacial score (nSPS) is 16.2. The number of rotatable bonds is 30. The molecule has 1 N–H and O–H groups in total. The summed E-state index contributed by atoms with van der Waals surface area (Å²) in [6, 6.07) is 2.75. The zero-order valence-electron chi connectivity index (χ0n) is 35.4. The Bertz CT molecular complexity index is 1680. The molecule has 1 rings (SSSR count). The lowest BCUT2D eigenvalue weighted by atomic mass is 9.93. The molecule has 0 aromatic heterocycles. The number of hydrogen-bond acceptors (Lipinski definition) is 1. The Kier molecular flexibility index (Phi) is 20.9. The maximum absolute atomic E-state index is 14.6. The molecule has 0 saturated carbocycles.